The summed E-state index contributed by atoms with van der Waals surface area (Å²) >= 11 is 0. The zero-order valence-corrected chi connectivity index (χ0v) is 8.52. The first-order valence-electron chi connectivity index (χ1n) is 4.32. The van der Waals surface area contributed by atoms with Crippen molar-refractivity contribution in [2.45, 2.75) is 33.2 Å². The zero-order chi connectivity index (χ0) is 9.07. The smallest absolute Gasteiger partial charge is 0.0150 e. The Morgan fingerprint density at radius 1 is 1.36 bits per heavy atom. The quantitative estimate of drug-likeness (QED) is 0.668. The molecule has 0 spiro atoms. The number of rotatable bonds is 4. The Kier molecular flexibility index (Phi) is 4.04. The standard InChI is InChI=1S/C9H22N2/c1-6-8(11(4)5)9(2,3)7-10/h8H,6-7,10H2,1-5H3. The molecule has 1 atom stereocenters. The van der Waals surface area contributed by atoms with Gasteiger partial charge in [-0.2, -0.15) is 0 Å². The molecule has 0 saturated carbocycles. The van der Waals surface area contributed by atoms with E-state index in [0.29, 0.717) is 6.04 Å². The van der Waals surface area contributed by atoms with E-state index in [1.54, 1.807) is 0 Å². The molecule has 0 amide bonds. The van der Waals surface area contributed by atoms with Crippen molar-refractivity contribution in [3.63, 3.8) is 0 Å². The molecule has 2 N–H and O–H groups in total. The molecular formula is C9H22N2. The lowest BCUT2D eigenvalue weighted by molar-refractivity contribution is 0.138. The van der Waals surface area contributed by atoms with Crippen LogP contribution in [0.15, 0.2) is 0 Å². The van der Waals surface area contributed by atoms with Crippen molar-refractivity contribution in [3.05, 3.63) is 0 Å². The molecule has 0 aliphatic carbocycles. The van der Waals surface area contributed by atoms with Gasteiger partial charge in [0.05, 0.1) is 0 Å². The Bertz CT molecular complexity index is 108. The molecule has 11 heavy (non-hydrogen) atoms. The highest BCUT2D eigenvalue weighted by Crippen LogP contribution is 2.24. The van der Waals surface area contributed by atoms with E-state index >= 15 is 0 Å². The van der Waals surface area contributed by atoms with Gasteiger partial charge < -0.3 is 10.6 Å². The van der Waals surface area contributed by atoms with Crippen LogP contribution in [0.1, 0.15) is 27.2 Å². The second kappa shape index (κ2) is 4.07. The summed E-state index contributed by atoms with van der Waals surface area (Å²) in [6.45, 7) is 7.41. The van der Waals surface area contributed by atoms with Gasteiger partial charge in [0.1, 0.15) is 0 Å². The summed E-state index contributed by atoms with van der Waals surface area (Å²) in [6, 6.07) is 0.590. The maximum atomic E-state index is 5.69. The minimum atomic E-state index is 0.234. The van der Waals surface area contributed by atoms with E-state index in [2.05, 4.69) is 39.8 Å². The summed E-state index contributed by atoms with van der Waals surface area (Å²) in [4.78, 5) is 2.26. The fourth-order valence-corrected chi connectivity index (χ4v) is 1.75. The number of hydrogen-bond acceptors (Lipinski definition) is 2. The van der Waals surface area contributed by atoms with Crippen molar-refractivity contribution < 1.29 is 0 Å². The Balaban J connectivity index is 4.23. The molecule has 0 radical (unpaired) electrons. The van der Waals surface area contributed by atoms with E-state index in [4.69, 9.17) is 5.73 Å². The molecule has 0 fully saturated rings. The lowest BCUT2D eigenvalue weighted by Crippen LogP contribution is -2.44. The van der Waals surface area contributed by atoms with E-state index in [0.717, 1.165) is 13.0 Å². The third kappa shape index (κ3) is 2.80. The van der Waals surface area contributed by atoms with Crippen molar-refractivity contribution in [1.29, 1.82) is 0 Å². The molecule has 0 heterocycles. The molecule has 1 unspecified atom stereocenters. The van der Waals surface area contributed by atoms with Crippen LogP contribution in [0.25, 0.3) is 0 Å². The molecule has 2 nitrogen and oxygen atoms in total. The van der Waals surface area contributed by atoms with Gasteiger partial charge in [0.2, 0.25) is 0 Å². The van der Waals surface area contributed by atoms with Crippen molar-refractivity contribution in [1.82, 2.24) is 4.90 Å². The van der Waals surface area contributed by atoms with Crippen molar-refractivity contribution in [2.24, 2.45) is 11.1 Å². The lowest BCUT2D eigenvalue weighted by Gasteiger charge is -2.37. The van der Waals surface area contributed by atoms with E-state index in [9.17, 15) is 0 Å². The van der Waals surface area contributed by atoms with Crippen LogP contribution in [-0.2, 0) is 0 Å². The summed E-state index contributed by atoms with van der Waals surface area (Å²) in [5.41, 5.74) is 5.93. The van der Waals surface area contributed by atoms with Gasteiger partial charge in [-0.1, -0.05) is 20.8 Å². The third-order valence-electron chi connectivity index (χ3n) is 2.44. The van der Waals surface area contributed by atoms with E-state index in [-0.39, 0.29) is 5.41 Å². The first kappa shape index (κ1) is 10.9. The SMILES string of the molecule is CCC(N(C)C)C(C)(C)CN. The van der Waals surface area contributed by atoms with Crippen LogP contribution in [0.5, 0.6) is 0 Å². The molecule has 2 heteroatoms. The van der Waals surface area contributed by atoms with Gasteiger partial charge in [-0.05, 0) is 32.5 Å². The summed E-state index contributed by atoms with van der Waals surface area (Å²) < 4.78 is 0. The van der Waals surface area contributed by atoms with Crippen LogP contribution < -0.4 is 5.73 Å². The maximum absolute atomic E-state index is 5.69. The van der Waals surface area contributed by atoms with Crippen molar-refractivity contribution >= 4 is 0 Å². The summed E-state index contributed by atoms with van der Waals surface area (Å²) in [7, 11) is 4.23. The van der Waals surface area contributed by atoms with E-state index in [1.807, 2.05) is 0 Å². The normalized spacial score (nSPS) is 15.5. The summed E-state index contributed by atoms with van der Waals surface area (Å²) in [5, 5.41) is 0. The molecule has 0 aliphatic rings. The molecule has 0 aromatic heterocycles. The van der Waals surface area contributed by atoms with Crippen LogP contribution >= 0.6 is 0 Å². The van der Waals surface area contributed by atoms with E-state index in [1.165, 1.54) is 0 Å². The Hall–Kier alpha value is -0.0800. The van der Waals surface area contributed by atoms with Crippen LogP contribution in [0.4, 0.5) is 0 Å². The Morgan fingerprint density at radius 2 is 1.82 bits per heavy atom. The van der Waals surface area contributed by atoms with Gasteiger partial charge in [-0.15, -0.1) is 0 Å². The average Bonchev–Trinajstić information content (AvgIpc) is 1.88. The van der Waals surface area contributed by atoms with Crippen molar-refractivity contribution in [3.8, 4) is 0 Å². The van der Waals surface area contributed by atoms with E-state index < -0.39 is 0 Å². The van der Waals surface area contributed by atoms with Gasteiger partial charge in [0.15, 0.2) is 0 Å². The number of hydrogen-bond donors (Lipinski definition) is 1. The largest absolute Gasteiger partial charge is 0.330 e. The van der Waals surface area contributed by atoms with Crippen molar-refractivity contribution in [2.75, 3.05) is 20.6 Å². The zero-order valence-electron chi connectivity index (χ0n) is 8.52. The van der Waals surface area contributed by atoms with Crippen LogP contribution in [0.2, 0.25) is 0 Å². The summed E-state index contributed by atoms with van der Waals surface area (Å²) in [5.74, 6) is 0. The molecule has 0 bridgehead atoms. The highest BCUT2D eigenvalue weighted by Gasteiger charge is 2.27. The fraction of sp³-hybridized carbons (Fsp3) is 1.00. The first-order valence-corrected chi connectivity index (χ1v) is 4.32. The molecule has 0 aromatic rings. The maximum Gasteiger partial charge on any atom is 0.0150 e. The van der Waals surface area contributed by atoms with Gasteiger partial charge in [-0.25, -0.2) is 0 Å². The van der Waals surface area contributed by atoms with Gasteiger partial charge in [0, 0.05) is 6.04 Å². The number of nitrogens with zero attached hydrogens (tertiary/aromatic N) is 1. The first-order chi connectivity index (χ1) is 4.95. The molecular weight excluding hydrogens is 136 g/mol. The highest BCUT2D eigenvalue weighted by molar-refractivity contribution is 4.83. The summed E-state index contributed by atoms with van der Waals surface area (Å²) in [6.07, 6.45) is 1.16. The Morgan fingerprint density at radius 3 is 1.91 bits per heavy atom. The van der Waals surface area contributed by atoms with Crippen LogP contribution in [-0.4, -0.2) is 31.6 Å². The Labute approximate surface area is 70.8 Å². The predicted octanol–water partition coefficient (Wildman–Crippen LogP) is 1.31. The topological polar surface area (TPSA) is 29.3 Å². The van der Waals surface area contributed by atoms with Gasteiger partial charge >= 0.3 is 0 Å². The lowest BCUT2D eigenvalue weighted by atomic mass is 9.82. The van der Waals surface area contributed by atoms with Gasteiger partial charge in [0.25, 0.3) is 0 Å². The van der Waals surface area contributed by atoms with Gasteiger partial charge in [-0.3, -0.25) is 0 Å². The minimum absolute atomic E-state index is 0.234. The monoisotopic (exact) mass is 158 g/mol. The molecule has 0 aliphatic heterocycles. The molecule has 0 rings (SSSR count). The molecule has 0 saturated heterocycles. The van der Waals surface area contributed by atoms with Crippen LogP contribution in [0, 0.1) is 5.41 Å². The third-order valence-corrected chi connectivity index (χ3v) is 2.44. The second-order valence-electron chi connectivity index (χ2n) is 4.08. The minimum Gasteiger partial charge on any atom is -0.330 e. The number of nitrogens with two attached hydrogens (primary N) is 1. The predicted molar refractivity (Wildman–Crippen MR) is 50.6 cm³/mol. The average molecular weight is 158 g/mol. The molecule has 68 valence electrons. The fourth-order valence-electron chi connectivity index (χ4n) is 1.75. The second-order valence-corrected chi connectivity index (χ2v) is 4.08. The van der Waals surface area contributed by atoms with Crippen LogP contribution in [0.3, 0.4) is 0 Å². The molecule has 0 aromatic carbocycles. The highest BCUT2D eigenvalue weighted by atomic mass is 15.1.